The van der Waals surface area contributed by atoms with Crippen LogP contribution in [0.2, 0.25) is 10.0 Å². The SMILES string of the molecule is NC(=O)COc1c(C(=O)NN2CCC(C(N)=O)(c3ccccc3)CC2)nn(-c2ccccc2Cl)c1-c1ccc(Cl)cc1. The van der Waals surface area contributed by atoms with Crippen LogP contribution in [-0.4, -0.2) is 52.2 Å². The lowest BCUT2D eigenvalue weighted by Gasteiger charge is -2.39. The van der Waals surface area contributed by atoms with E-state index >= 15 is 0 Å². The summed E-state index contributed by atoms with van der Waals surface area (Å²) in [6, 6.07) is 23.2. The van der Waals surface area contributed by atoms with E-state index in [0.29, 0.717) is 52.9 Å². The van der Waals surface area contributed by atoms with Crippen LogP contribution in [0, 0.1) is 0 Å². The van der Waals surface area contributed by atoms with Gasteiger partial charge in [0.2, 0.25) is 5.91 Å². The molecule has 12 heteroatoms. The van der Waals surface area contributed by atoms with Crippen molar-refractivity contribution in [1.82, 2.24) is 20.2 Å². The lowest BCUT2D eigenvalue weighted by Crippen LogP contribution is -2.54. The van der Waals surface area contributed by atoms with E-state index in [1.165, 1.54) is 4.68 Å². The van der Waals surface area contributed by atoms with Crippen LogP contribution in [0.3, 0.4) is 0 Å². The molecule has 1 aromatic heterocycles. The molecule has 0 unspecified atom stereocenters. The van der Waals surface area contributed by atoms with Crippen LogP contribution < -0.4 is 21.6 Å². The molecule has 1 fully saturated rings. The van der Waals surface area contributed by atoms with Gasteiger partial charge in [0.15, 0.2) is 18.1 Å². The van der Waals surface area contributed by atoms with E-state index in [4.69, 9.17) is 39.4 Å². The number of primary amides is 2. The van der Waals surface area contributed by atoms with Crippen molar-refractivity contribution in [2.75, 3.05) is 19.7 Å². The molecule has 42 heavy (non-hydrogen) atoms. The number of nitrogens with zero attached hydrogens (tertiary/aromatic N) is 3. The smallest absolute Gasteiger partial charge is 0.289 e. The highest BCUT2D eigenvalue weighted by atomic mass is 35.5. The number of carbonyl (C=O) groups is 3. The van der Waals surface area contributed by atoms with Gasteiger partial charge in [0, 0.05) is 23.7 Å². The number of carbonyl (C=O) groups excluding carboxylic acids is 3. The van der Waals surface area contributed by atoms with Crippen LogP contribution in [0.4, 0.5) is 0 Å². The monoisotopic (exact) mass is 606 g/mol. The van der Waals surface area contributed by atoms with Crippen LogP contribution in [0.1, 0.15) is 28.9 Å². The van der Waals surface area contributed by atoms with Gasteiger partial charge in [0.05, 0.1) is 16.1 Å². The number of nitrogens with two attached hydrogens (primary N) is 2. The maximum absolute atomic E-state index is 13.7. The summed E-state index contributed by atoms with van der Waals surface area (Å²) in [4.78, 5) is 38.0. The highest BCUT2D eigenvalue weighted by Gasteiger charge is 2.42. The number of aromatic nitrogens is 2. The number of hydrogen-bond acceptors (Lipinski definition) is 6. The van der Waals surface area contributed by atoms with E-state index in [0.717, 1.165) is 5.56 Å². The van der Waals surface area contributed by atoms with Crippen molar-refractivity contribution in [3.8, 4) is 22.7 Å². The standard InChI is InChI=1S/C30H28Cl2N6O4/c31-21-12-10-19(11-13-21)26-27(42-18-24(33)39)25(35-38(26)23-9-5-4-8-22(23)32)28(40)36-37-16-14-30(15-17-37,29(34)41)20-6-2-1-3-7-20/h1-13H,14-18H2,(H2,33,39)(H2,34,41)(H,36,40). The number of nitrogens with one attached hydrogen (secondary N) is 1. The molecule has 0 bridgehead atoms. The van der Waals surface area contributed by atoms with Crippen LogP contribution in [0.25, 0.3) is 16.9 Å². The minimum atomic E-state index is -0.842. The van der Waals surface area contributed by atoms with E-state index in [1.807, 2.05) is 30.3 Å². The van der Waals surface area contributed by atoms with E-state index in [2.05, 4.69) is 10.5 Å². The Balaban J connectivity index is 1.50. The summed E-state index contributed by atoms with van der Waals surface area (Å²) in [5.41, 5.74) is 15.5. The van der Waals surface area contributed by atoms with Crippen molar-refractivity contribution in [2.45, 2.75) is 18.3 Å². The molecule has 3 amide bonds. The average molecular weight is 607 g/mol. The fourth-order valence-corrected chi connectivity index (χ4v) is 5.46. The quantitative estimate of drug-likeness (QED) is 0.263. The topological polar surface area (TPSA) is 146 Å². The van der Waals surface area contributed by atoms with Gasteiger partial charge in [-0.2, -0.15) is 5.10 Å². The number of para-hydroxylation sites is 1. The Bertz CT molecular complexity index is 1620. The predicted molar refractivity (Wildman–Crippen MR) is 159 cm³/mol. The number of hydrogen-bond donors (Lipinski definition) is 3. The fraction of sp³-hybridized carbons (Fsp3) is 0.200. The molecule has 5 N–H and O–H groups in total. The van der Waals surface area contributed by atoms with Crippen molar-refractivity contribution >= 4 is 40.9 Å². The molecule has 0 atom stereocenters. The number of ether oxygens (including phenoxy) is 1. The molecule has 0 aliphatic carbocycles. The molecular weight excluding hydrogens is 579 g/mol. The van der Waals surface area contributed by atoms with E-state index < -0.39 is 29.7 Å². The highest BCUT2D eigenvalue weighted by molar-refractivity contribution is 6.32. The van der Waals surface area contributed by atoms with Crippen molar-refractivity contribution in [3.05, 3.63) is 100 Å². The van der Waals surface area contributed by atoms with Gasteiger partial charge in [0.1, 0.15) is 5.69 Å². The average Bonchev–Trinajstić information content (AvgIpc) is 3.37. The Hall–Kier alpha value is -4.38. The van der Waals surface area contributed by atoms with E-state index in [-0.39, 0.29) is 11.4 Å². The maximum atomic E-state index is 13.7. The van der Waals surface area contributed by atoms with Gasteiger partial charge in [-0.05, 0) is 42.7 Å². The summed E-state index contributed by atoms with van der Waals surface area (Å²) in [6.07, 6.45) is 0.809. The zero-order chi connectivity index (χ0) is 29.9. The number of hydrazine groups is 1. The highest BCUT2D eigenvalue weighted by Crippen LogP contribution is 2.38. The largest absolute Gasteiger partial charge is 0.479 e. The Morgan fingerprint density at radius 1 is 0.905 bits per heavy atom. The molecule has 0 spiro atoms. The predicted octanol–water partition coefficient (Wildman–Crippen LogP) is 3.87. The normalized spacial score (nSPS) is 14.7. The first-order valence-corrected chi connectivity index (χ1v) is 13.9. The second-order valence-corrected chi connectivity index (χ2v) is 10.7. The van der Waals surface area contributed by atoms with Gasteiger partial charge in [-0.15, -0.1) is 0 Å². The van der Waals surface area contributed by atoms with E-state index in [9.17, 15) is 14.4 Å². The van der Waals surface area contributed by atoms with Crippen LogP contribution in [0.5, 0.6) is 5.75 Å². The zero-order valence-corrected chi connectivity index (χ0v) is 23.9. The molecule has 2 heterocycles. The summed E-state index contributed by atoms with van der Waals surface area (Å²) in [6.45, 7) is 0.226. The molecule has 1 aliphatic rings. The van der Waals surface area contributed by atoms with Gasteiger partial charge in [-0.3, -0.25) is 19.8 Å². The molecule has 0 saturated carbocycles. The molecule has 10 nitrogen and oxygen atoms in total. The number of amides is 3. The van der Waals surface area contributed by atoms with Crippen LogP contribution >= 0.6 is 23.2 Å². The van der Waals surface area contributed by atoms with Gasteiger partial charge in [0.25, 0.3) is 11.8 Å². The summed E-state index contributed by atoms with van der Waals surface area (Å²) >= 11 is 12.7. The first kappa shape index (κ1) is 29.1. The number of rotatable bonds is 9. The Labute approximate surface area is 252 Å². The van der Waals surface area contributed by atoms with Crippen LogP contribution in [-0.2, 0) is 15.0 Å². The van der Waals surface area contributed by atoms with Crippen molar-refractivity contribution in [1.29, 1.82) is 0 Å². The number of halogens is 2. The number of benzene rings is 3. The minimum Gasteiger partial charge on any atom is -0.479 e. The molecule has 216 valence electrons. The van der Waals surface area contributed by atoms with Crippen LogP contribution in [0.15, 0.2) is 78.9 Å². The van der Waals surface area contributed by atoms with Crippen molar-refractivity contribution in [3.63, 3.8) is 0 Å². The Morgan fingerprint density at radius 3 is 2.17 bits per heavy atom. The summed E-state index contributed by atoms with van der Waals surface area (Å²) < 4.78 is 7.30. The van der Waals surface area contributed by atoms with Crippen molar-refractivity contribution in [2.24, 2.45) is 11.5 Å². The molecule has 4 aromatic rings. The summed E-state index contributed by atoms with van der Waals surface area (Å²) in [5, 5.41) is 7.19. The lowest BCUT2D eigenvalue weighted by atomic mass is 9.72. The van der Waals surface area contributed by atoms with Gasteiger partial charge < -0.3 is 16.2 Å². The number of piperidine rings is 1. The molecule has 0 radical (unpaired) electrons. The molecule has 5 rings (SSSR count). The first-order chi connectivity index (χ1) is 20.2. The minimum absolute atomic E-state index is 0.0429. The third-order valence-corrected chi connectivity index (χ3v) is 7.86. The molecule has 1 saturated heterocycles. The Kier molecular flexibility index (Phi) is 8.49. The first-order valence-electron chi connectivity index (χ1n) is 13.2. The van der Waals surface area contributed by atoms with Crippen molar-refractivity contribution < 1.29 is 19.1 Å². The lowest BCUT2D eigenvalue weighted by molar-refractivity contribution is -0.125. The fourth-order valence-electron chi connectivity index (χ4n) is 5.12. The summed E-state index contributed by atoms with van der Waals surface area (Å²) in [5.74, 6) is -1.68. The molecular formula is C30H28Cl2N6O4. The second-order valence-electron chi connectivity index (χ2n) is 9.89. The van der Waals surface area contributed by atoms with Gasteiger partial charge >= 0.3 is 0 Å². The van der Waals surface area contributed by atoms with Gasteiger partial charge in [-0.1, -0.05) is 77.8 Å². The van der Waals surface area contributed by atoms with E-state index in [1.54, 1.807) is 53.5 Å². The Morgan fingerprint density at radius 2 is 1.55 bits per heavy atom. The van der Waals surface area contributed by atoms with Gasteiger partial charge in [-0.25, -0.2) is 9.69 Å². The third-order valence-electron chi connectivity index (χ3n) is 7.29. The molecule has 3 aromatic carbocycles. The third kappa shape index (κ3) is 5.82. The summed E-state index contributed by atoms with van der Waals surface area (Å²) in [7, 11) is 0. The molecule has 1 aliphatic heterocycles. The zero-order valence-electron chi connectivity index (χ0n) is 22.4. The maximum Gasteiger partial charge on any atom is 0.289 e. The second kappa shape index (κ2) is 12.2.